The molecule has 3 heteroatoms. The minimum Gasteiger partial charge on any atom is -0.295 e. The van der Waals surface area contributed by atoms with Gasteiger partial charge in [0.2, 0.25) is 0 Å². The van der Waals surface area contributed by atoms with Gasteiger partial charge >= 0.3 is 0 Å². The number of nitriles is 1. The van der Waals surface area contributed by atoms with Crippen molar-refractivity contribution in [3.8, 4) is 50.8 Å². The van der Waals surface area contributed by atoms with E-state index in [0.29, 0.717) is 5.56 Å². The van der Waals surface area contributed by atoms with Crippen LogP contribution in [0.3, 0.4) is 0 Å². The molecule has 0 fully saturated rings. The molecular weight excluding hydrogens is 558 g/mol. The molecule has 1 aliphatic carbocycles. The summed E-state index contributed by atoms with van der Waals surface area (Å²) in [7, 11) is 0. The van der Waals surface area contributed by atoms with E-state index in [0.717, 1.165) is 22.6 Å². The van der Waals surface area contributed by atoms with Gasteiger partial charge in [-0.1, -0.05) is 109 Å². The van der Waals surface area contributed by atoms with Crippen molar-refractivity contribution in [2.75, 3.05) is 0 Å². The second-order valence-corrected chi connectivity index (χ2v) is 12.0. The van der Waals surface area contributed by atoms with E-state index >= 15 is 0 Å². The van der Waals surface area contributed by atoms with Crippen LogP contribution in [0.15, 0.2) is 152 Å². The summed E-state index contributed by atoms with van der Waals surface area (Å²) in [5.41, 5.74) is 13.7. The second kappa shape index (κ2) is 9.32. The normalized spacial score (nSPS) is 11.9. The fraction of sp³-hybridized carbons (Fsp3) is 0. The summed E-state index contributed by atoms with van der Waals surface area (Å²) in [4.78, 5) is 0. The van der Waals surface area contributed by atoms with Gasteiger partial charge in [-0.05, 0) is 75.5 Å². The zero-order valence-electron chi connectivity index (χ0n) is 24.8. The van der Waals surface area contributed by atoms with Gasteiger partial charge < -0.3 is 0 Å². The Balaban J connectivity index is 1.40. The van der Waals surface area contributed by atoms with Crippen LogP contribution in [-0.4, -0.2) is 9.13 Å². The van der Waals surface area contributed by atoms with Crippen LogP contribution in [0.1, 0.15) is 5.56 Å². The predicted octanol–water partition coefficient (Wildman–Crippen LogP) is 11.1. The molecule has 0 aliphatic heterocycles. The Morgan fingerprint density at radius 3 is 1.78 bits per heavy atom. The third kappa shape index (κ3) is 3.25. The van der Waals surface area contributed by atoms with Gasteiger partial charge in [0, 0.05) is 33.0 Å². The first kappa shape index (κ1) is 25.0. The van der Waals surface area contributed by atoms with Crippen LogP contribution in [0.5, 0.6) is 0 Å². The summed E-state index contributed by atoms with van der Waals surface area (Å²) in [6.45, 7) is 0. The van der Waals surface area contributed by atoms with Crippen molar-refractivity contribution in [2.24, 2.45) is 0 Å². The number of hydrogen-bond donors (Lipinski definition) is 0. The Bertz CT molecular complexity index is 2730. The number of fused-ring (bicyclic) bond motifs is 8. The van der Waals surface area contributed by atoms with E-state index < -0.39 is 0 Å². The van der Waals surface area contributed by atoms with E-state index in [-0.39, 0.29) is 0 Å². The summed E-state index contributed by atoms with van der Waals surface area (Å²) >= 11 is 0. The smallest absolute Gasteiger partial charge is 0.131 e. The van der Waals surface area contributed by atoms with Crippen LogP contribution in [0.25, 0.3) is 88.4 Å². The number of aromatic nitrogens is 2. The zero-order valence-corrected chi connectivity index (χ0v) is 24.8. The molecular formula is C43H25N3. The monoisotopic (exact) mass is 583 g/mol. The molecule has 0 atom stereocenters. The third-order valence-corrected chi connectivity index (χ3v) is 9.68. The Morgan fingerprint density at radius 2 is 1.09 bits per heavy atom. The van der Waals surface area contributed by atoms with E-state index in [1.165, 1.54) is 65.8 Å². The van der Waals surface area contributed by atoms with Crippen LogP contribution in [-0.2, 0) is 0 Å². The standard InChI is InChI=1S/C43H25N3/c44-26-27-20-22-28(23-21-27)31-24-25-38(42-35-17-9-11-29-10-8-16-34(39(29)35)40(31)42)46-37-19-7-5-15-33(37)41-32-14-4-6-18-36(32)45(43(41)46)30-12-2-1-3-13-30/h1-25H. The van der Waals surface area contributed by atoms with Crippen molar-refractivity contribution in [3.05, 3.63) is 157 Å². The van der Waals surface area contributed by atoms with Crippen molar-refractivity contribution >= 4 is 43.6 Å². The average Bonchev–Trinajstić information content (AvgIpc) is 3.76. The van der Waals surface area contributed by atoms with E-state index in [9.17, 15) is 5.26 Å². The van der Waals surface area contributed by atoms with Gasteiger partial charge in [-0.2, -0.15) is 5.26 Å². The van der Waals surface area contributed by atoms with Gasteiger partial charge in [0.05, 0.1) is 28.4 Å². The molecule has 7 aromatic carbocycles. The van der Waals surface area contributed by atoms with E-state index in [1.54, 1.807) is 0 Å². The Kier molecular flexibility index (Phi) is 5.06. The molecule has 3 nitrogen and oxygen atoms in total. The minimum absolute atomic E-state index is 0.664. The summed E-state index contributed by atoms with van der Waals surface area (Å²) in [5.74, 6) is 0. The fourth-order valence-corrected chi connectivity index (χ4v) is 7.83. The van der Waals surface area contributed by atoms with Crippen LogP contribution in [0, 0.1) is 11.3 Å². The Hall–Kier alpha value is -6.37. The lowest BCUT2D eigenvalue weighted by Crippen LogP contribution is -2.03. The highest BCUT2D eigenvalue weighted by Gasteiger charge is 2.30. The topological polar surface area (TPSA) is 33.6 Å². The molecule has 0 radical (unpaired) electrons. The lowest BCUT2D eigenvalue weighted by Gasteiger charge is -2.19. The largest absolute Gasteiger partial charge is 0.295 e. The average molecular weight is 584 g/mol. The molecule has 2 aromatic heterocycles. The van der Waals surface area contributed by atoms with Crippen LogP contribution in [0.2, 0.25) is 0 Å². The van der Waals surface area contributed by atoms with Crippen LogP contribution in [0.4, 0.5) is 0 Å². The molecule has 0 bridgehead atoms. The van der Waals surface area contributed by atoms with E-state index in [4.69, 9.17) is 0 Å². The van der Waals surface area contributed by atoms with Gasteiger partial charge in [0.25, 0.3) is 0 Å². The van der Waals surface area contributed by atoms with E-state index in [2.05, 4.69) is 155 Å². The molecule has 0 N–H and O–H groups in total. The molecule has 0 saturated heterocycles. The molecule has 0 amide bonds. The summed E-state index contributed by atoms with van der Waals surface area (Å²) < 4.78 is 4.91. The van der Waals surface area contributed by atoms with Crippen molar-refractivity contribution in [1.29, 1.82) is 5.26 Å². The summed E-state index contributed by atoms with van der Waals surface area (Å²) in [6.07, 6.45) is 0. The first-order valence-electron chi connectivity index (χ1n) is 15.6. The van der Waals surface area contributed by atoms with Crippen molar-refractivity contribution in [2.45, 2.75) is 0 Å². The van der Waals surface area contributed by atoms with Gasteiger partial charge in [0.15, 0.2) is 0 Å². The maximum atomic E-state index is 9.49. The molecule has 46 heavy (non-hydrogen) atoms. The Morgan fingerprint density at radius 1 is 0.457 bits per heavy atom. The van der Waals surface area contributed by atoms with Crippen molar-refractivity contribution in [3.63, 3.8) is 0 Å². The number of benzene rings is 7. The zero-order chi connectivity index (χ0) is 30.4. The van der Waals surface area contributed by atoms with Gasteiger partial charge in [0.1, 0.15) is 5.65 Å². The maximum absolute atomic E-state index is 9.49. The van der Waals surface area contributed by atoms with Gasteiger partial charge in [-0.25, -0.2) is 0 Å². The SMILES string of the molecule is N#Cc1ccc(-c2ccc(-n3c4ccccc4c4c5ccccc5n(-c5ccccc5)c43)c3c2-c2cccc4cccc-3c24)cc1. The predicted molar refractivity (Wildman–Crippen MR) is 190 cm³/mol. The summed E-state index contributed by atoms with van der Waals surface area (Å²) in [6, 6.07) is 56.4. The molecule has 2 heterocycles. The molecule has 0 spiro atoms. The quantitative estimate of drug-likeness (QED) is 0.204. The third-order valence-electron chi connectivity index (χ3n) is 9.68. The van der Waals surface area contributed by atoms with Gasteiger partial charge in [-0.3, -0.25) is 9.13 Å². The molecule has 212 valence electrons. The number of hydrogen-bond acceptors (Lipinski definition) is 1. The van der Waals surface area contributed by atoms with E-state index in [1.807, 2.05) is 12.1 Å². The first-order chi connectivity index (χ1) is 22.8. The highest BCUT2D eigenvalue weighted by atomic mass is 15.1. The van der Waals surface area contributed by atoms with Crippen molar-refractivity contribution < 1.29 is 0 Å². The molecule has 10 rings (SSSR count). The fourth-order valence-electron chi connectivity index (χ4n) is 7.83. The van der Waals surface area contributed by atoms with Gasteiger partial charge in [-0.15, -0.1) is 0 Å². The highest BCUT2D eigenvalue weighted by Crippen LogP contribution is 2.54. The molecule has 0 unspecified atom stereocenters. The lowest BCUT2D eigenvalue weighted by molar-refractivity contribution is 1.07. The summed E-state index contributed by atoms with van der Waals surface area (Å²) in [5, 5.41) is 15.8. The van der Waals surface area contributed by atoms with Crippen LogP contribution < -0.4 is 0 Å². The lowest BCUT2D eigenvalue weighted by atomic mass is 9.91. The van der Waals surface area contributed by atoms with Crippen molar-refractivity contribution in [1.82, 2.24) is 9.13 Å². The molecule has 9 aromatic rings. The first-order valence-corrected chi connectivity index (χ1v) is 15.6. The number of para-hydroxylation sites is 3. The maximum Gasteiger partial charge on any atom is 0.131 e. The number of nitrogens with zero attached hydrogens (tertiary/aromatic N) is 3. The highest BCUT2D eigenvalue weighted by molar-refractivity contribution is 6.24. The molecule has 1 aliphatic rings. The molecule has 0 saturated carbocycles. The second-order valence-electron chi connectivity index (χ2n) is 12.0. The minimum atomic E-state index is 0.664. The number of rotatable bonds is 3. The Labute approximate surface area is 265 Å². The van der Waals surface area contributed by atoms with Crippen LogP contribution >= 0.6 is 0 Å².